The molecule has 0 aliphatic rings. The minimum atomic E-state index is -4.55. The van der Waals surface area contributed by atoms with Crippen LogP contribution in [0, 0.1) is 0 Å². The molecule has 0 saturated heterocycles. The molecule has 0 aliphatic carbocycles. The average molecular weight is 368 g/mol. The van der Waals surface area contributed by atoms with Gasteiger partial charge in [-0.1, -0.05) is 40.9 Å². The van der Waals surface area contributed by atoms with Crippen LogP contribution in [-0.2, 0) is 11.0 Å². The van der Waals surface area contributed by atoms with E-state index in [1.165, 1.54) is 6.07 Å². The molecule has 0 heterocycles. The van der Waals surface area contributed by atoms with Crippen molar-refractivity contribution in [1.29, 1.82) is 0 Å². The van der Waals surface area contributed by atoms with Crippen molar-refractivity contribution < 1.29 is 22.4 Å². The Morgan fingerprint density at radius 3 is 2.33 bits per heavy atom. The molecule has 1 atom stereocenters. The van der Waals surface area contributed by atoms with Crippen molar-refractivity contribution in [1.82, 2.24) is 5.32 Å². The smallest absolute Gasteiger partial charge is 0.362 e. The van der Waals surface area contributed by atoms with Crippen molar-refractivity contribution >= 4 is 46.4 Å². The van der Waals surface area contributed by atoms with Gasteiger partial charge in [0.05, 0.1) is 5.56 Å². The third-order valence-corrected chi connectivity index (χ3v) is 2.91. The zero-order chi connectivity index (χ0) is 16.3. The molecule has 118 valence electrons. The Morgan fingerprint density at radius 2 is 1.86 bits per heavy atom. The fraction of sp³-hybridized carbons (Fsp3) is 0.364. The first-order valence-corrected chi connectivity index (χ1v) is 6.53. The van der Waals surface area contributed by atoms with E-state index in [9.17, 15) is 22.4 Å². The van der Waals surface area contributed by atoms with Gasteiger partial charge in [-0.25, -0.2) is 4.39 Å². The van der Waals surface area contributed by atoms with Crippen LogP contribution in [0.1, 0.15) is 5.56 Å². The average Bonchev–Trinajstić information content (AvgIpc) is 2.36. The molecule has 0 saturated carbocycles. The van der Waals surface area contributed by atoms with E-state index in [4.69, 9.17) is 34.8 Å². The number of benzene rings is 1. The molecular weight excluding hydrogens is 358 g/mol. The molecule has 21 heavy (non-hydrogen) atoms. The summed E-state index contributed by atoms with van der Waals surface area (Å²) >= 11 is 16.8. The topological polar surface area (TPSA) is 41.1 Å². The van der Waals surface area contributed by atoms with Crippen molar-refractivity contribution in [2.45, 2.75) is 16.1 Å². The van der Waals surface area contributed by atoms with Gasteiger partial charge in [0.25, 0.3) is 5.91 Å². The van der Waals surface area contributed by atoms with E-state index in [-0.39, 0.29) is 5.69 Å². The van der Waals surface area contributed by atoms with Gasteiger partial charge in [0.15, 0.2) is 6.67 Å². The molecule has 0 bridgehead atoms. The summed E-state index contributed by atoms with van der Waals surface area (Å²) < 4.78 is 47.8. The minimum absolute atomic E-state index is 0.0553. The Morgan fingerprint density at radius 1 is 1.24 bits per heavy atom. The van der Waals surface area contributed by atoms with Gasteiger partial charge < -0.3 is 10.6 Å². The number of nitrogens with one attached hydrogen (secondary N) is 2. The Kier molecular flexibility index (Phi) is 5.95. The number of rotatable bonds is 4. The highest BCUT2D eigenvalue weighted by molar-refractivity contribution is 6.68. The maximum absolute atomic E-state index is 12.6. The molecule has 0 unspecified atom stereocenters. The fourth-order valence-corrected chi connectivity index (χ4v) is 1.68. The molecular formula is C11H9Cl3F4N2O. The summed E-state index contributed by atoms with van der Waals surface area (Å²) in [6.07, 6.45) is -5.95. The highest BCUT2D eigenvalue weighted by Gasteiger charge is 2.35. The van der Waals surface area contributed by atoms with Crippen LogP contribution >= 0.6 is 34.8 Å². The lowest BCUT2D eigenvalue weighted by atomic mass is 10.2. The SMILES string of the molecule is O=C(CF)N[C@H](Nc1cccc(C(F)(F)F)c1)C(Cl)(Cl)Cl. The van der Waals surface area contributed by atoms with Gasteiger partial charge in [-0.15, -0.1) is 0 Å². The molecule has 0 radical (unpaired) electrons. The Hall–Kier alpha value is -0.920. The standard InChI is InChI=1S/C11H9Cl3F4N2O/c12-10(13,14)9(20-8(21)5-15)19-7-3-1-2-6(4-7)11(16,17)18/h1-4,9,19H,5H2,(H,20,21)/t9-/m0/s1. The van der Waals surface area contributed by atoms with E-state index in [0.717, 1.165) is 18.2 Å². The summed E-state index contributed by atoms with van der Waals surface area (Å²) in [4.78, 5) is 11.0. The van der Waals surface area contributed by atoms with Crippen LogP contribution < -0.4 is 10.6 Å². The summed E-state index contributed by atoms with van der Waals surface area (Å²) in [6, 6.07) is 4.04. The van der Waals surface area contributed by atoms with E-state index in [1.807, 2.05) is 5.32 Å². The molecule has 3 nitrogen and oxygen atoms in total. The van der Waals surface area contributed by atoms with Gasteiger partial charge in [-0.05, 0) is 18.2 Å². The molecule has 10 heteroatoms. The monoisotopic (exact) mass is 366 g/mol. The quantitative estimate of drug-likeness (QED) is 0.481. The van der Waals surface area contributed by atoms with E-state index < -0.39 is 34.3 Å². The first-order valence-electron chi connectivity index (χ1n) is 5.40. The first kappa shape index (κ1) is 18.1. The number of carbonyl (C=O) groups excluding carboxylic acids is 1. The summed E-state index contributed by atoms with van der Waals surface area (Å²) in [6.45, 7) is -1.36. The van der Waals surface area contributed by atoms with Crippen molar-refractivity contribution in [2.24, 2.45) is 0 Å². The number of halogens is 7. The summed E-state index contributed by atoms with van der Waals surface area (Å²) in [7, 11) is 0. The molecule has 1 aromatic rings. The van der Waals surface area contributed by atoms with Crippen molar-refractivity contribution in [3.63, 3.8) is 0 Å². The maximum atomic E-state index is 12.6. The number of carbonyl (C=O) groups is 1. The predicted molar refractivity (Wildman–Crippen MR) is 73.3 cm³/mol. The van der Waals surface area contributed by atoms with Crippen LogP contribution in [-0.4, -0.2) is 22.5 Å². The largest absolute Gasteiger partial charge is 0.416 e. The first-order chi connectivity index (χ1) is 9.54. The van der Waals surface area contributed by atoms with Gasteiger partial charge in [0, 0.05) is 5.69 Å². The predicted octanol–water partition coefficient (Wildman–Crippen LogP) is 3.90. The van der Waals surface area contributed by atoms with Gasteiger partial charge in [-0.2, -0.15) is 13.2 Å². The van der Waals surface area contributed by atoms with E-state index in [2.05, 4.69) is 5.32 Å². The van der Waals surface area contributed by atoms with Gasteiger partial charge in [0.2, 0.25) is 3.79 Å². The lowest BCUT2D eigenvalue weighted by Gasteiger charge is -2.27. The van der Waals surface area contributed by atoms with Crippen LogP contribution in [0.25, 0.3) is 0 Å². The molecule has 1 rings (SSSR count). The van der Waals surface area contributed by atoms with Crippen LogP contribution in [0.15, 0.2) is 24.3 Å². The molecule has 0 fully saturated rings. The molecule has 0 aliphatic heterocycles. The zero-order valence-corrected chi connectivity index (χ0v) is 12.4. The normalized spacial score (nSPS) is 13.7. The Balaban J connectivity index is 2.96. The van der Waals surface area contributed by atoms with Crippen LogP contribution in [0.3, 0.4) is 0 Å². The van der Waals surface area contributed by atoms with E-state index >= 15 is 0 Å². The van der Waals surface area contributed by atoms with Crippen LogP contribution in [0.4, 0.5) is 23.2 Å². The third kappa shape index (κ3) is 5.76. The maximum Gasteiger partial charge on any atom is 0.416 e. The number of amides is 1. The number of hydrogen-bond donors (Lipinski definition) is 2. The Bertz CT molecular complexity index is 505. The molecule has 1 aromatic carbocycles. The summed E-state index contributed by atoms with van der Waals surface area (Å²) in [5, 5.41) is 4.41. The Labute approximate surface area is 132 Å². The van der Waals surface area contributed by atoms with E-state index in [0.29, 0.717) is 0 Å². The highest BCUT2D eigenvalue weighted by atomic mass is 35.6. The van der Waals surface area contributed by atoms with Crippen molar-refractivity contribution in [2.75, 3.05) is 12.0 Å². The highest BCUT2D eigenvalue weighted by Crippen LogP contribution is 2.33. The molecule has 0 spiro atoms. The molecule has 0 aromatic heterocycles. The number of anilines is 1. The summed E-state index contributed by atoms with van der Waals surface area (Å²) in [5.41, 5.74) is -0.979. The van der Waals surface area contributed by atoms with Crippen LogP contribution in [0.2, 0.25) is 0 Å². The fourth-order valence-electron chi connectivity index (χ4n) is 1.35. The van der Waals surface area contributed by atoms with E-state index in [1.54, 1.807) is 0 Å². The summed E-state index contributed by atoms with van der Waals surface area (Å²) in [5.74, 6) is -1.08. The van der Waals surface area contributed by atoms with Gasteiger partial charge >= 0.3 is 6.18 Å². The van der Waals surface area contributed by atoms with Crippen molar-refractivity contribution in [3.8, 4) is 0 Å². The van der Waals surface area contributed by atoms with Gasteiger partial charge in [-0.3, -0.25) is 4.79 Å². The van der Waals surface area contributed by atoms with Gasteiger partial charge in [0.1, 0.15) is 6.17 Å². The second-order valence-corrected chi connectivity index (χ2v) is 6.27. The second kappa shape index (κ2) is 6.89. The molecule has 1 amide bonds. The number of hydrogen-bond acceptors (Lipinski definition) is 2. The minimum Gasteiger partial charge on any atom is -0.362 e. The van der Waals surface area contributed by atoms with Crippen molar-refractivity contribution in [3.05, 3.63) is 29.8 Å². The zero-order valence-electron chi connectivity index (χ0n) is 10.1. The number of alkyl halides is 7. The lowest BCUT2D eigenvalue weighted by molar-refractivity contribution is -0.137. The third-order valence-electron chi connectivity index (χ3n) is 2.25. The second-order valence-electron chi connectivity index (χ2n) is 3.90. The lowest BCUT2D eigenvalue weighted by Crippen LogP contribution is -2.49. The molecule has 2 N–H and O–H groups in total. The van der Waals surface area contributed by atoms with Crippen LogP contribution in [0.5, 0.6) is 0 Å².